The van der Waals surface area contributed by atoms with Crippen LogP contribution in [0.25, 0.3) is 0 Å². The first-order valence-corrected chi connectivity index (χ1v) is 11.2. The Morgan fingerprint density at radius 3 is 2.53 bits per heavy atom. The fourth-order valence-electron chi connectivity index (χ4n) is 3.37. The molecule has 160 valence electrons. The summed E-state index contributed by atoms with van der Waals surface area (Å²) in [5.41, 5.74) is 1.61. The Balaban J connectivity index is 1.70. The standard InChI is InChI=1S/C22H25IN2O4S/c1-14-11-25(12-15(2)29-14)22(30)16-9-18(23)21(19(10-16)27-3)28-13-20(26)24-17-7-5-4-6-8-17/h4-10,14-15H,11-13H2,1-3H3,(H,24,26)/t14-,15-/m0/s1. The molecule has 1 fully saturated rings. The van der Waals surface area contributed by atoms with Gasteiger partial charge in [0, 0.05) is 24.3 Å². The summed E-state index contributed by atoms with van der Waals surface area (Å²) in [7, 11) is 1.58. The number of hydrogen-bond donors (Lipinski definition) is 1. The van der Waals surface area contributed by atoms with Gasteiger partial charge in [-0.3, -0.25) is 4.79 Å². The molecule has 0 unspecified atom stereocenters. The summed E-state index contributed by atoms with van der Waals surface area (Å²) in [4.78, 5) is 15.1. The molecule has 1 aliphatic heterocycles. The molecule has 0 spiro atoms. The maximum Gasteiger partial charge on any atom is 0.262 e. The van der Waals surface area contributed by atoms with Crippen LogP contribution in [0.2, 0.25) is 0 Å². The lowest BCUT2D eigenvalue weighted by atomic mass is 10.1. The molecule has 0 radical (unpaired) electrons. The molecule has 2 aromatic rings. The van der Waals surface area contributed by atoms with E-state index in [0.717, 1.165) is 32.9 Å². The van der Waals surface area contributed by atoms with E-state index in [0.29, 0.717) is 11.5 Å². The third kappa shape index (κ3) is 5.83. The van der Waals surface area contributed by atoms with Gasteiger partial charge >= 0.3 is 0 Å². The number of carbonyl (C=O) groups excluding carboxylic acids is 1. The van der Waals surface area contributed by atoms with Gasteiger partial charge in [0.15, 0.2) is 18.1 Å². The second-order valence-electron chi connectivity index (χ2n) is 7.16. The van der Waals surface area contributed by atoms with Crippen molar-refractivity contribution in [2.24, 2.45) is 0 Å². The van der Waals surface area contributed by atoms with Gasteiger partial charge in [-0.25, -0.2) is 0 Å². The van der Waals surface area contributed by atoms with Crippen molar-refractivity contribution < 1.29 is 19.0 Å². The monoisotopic (exact) mass is 540 g/mol. The first kappa shape index (κ1) is 22.8. The first-order chi connectivity index (χ1) is 14.4. The molecular formula is C22H25IN2O4S. The van der Waals surface area contributed by atoms with Gasteiger partial charge in [0.25, 0.3) is 5.91 Å². The summed E-state index contributed by atoms with van der Waals surface area (Å²) in [6, 6.07) is 13.1. The highest BCUT2D eigenvalue weighted by atomic mass is 127. The Morgan fingerprint density at radius 2 is 1.90 bits per heavy atom. The number of carbonyl (C=O) groups is 1. The Labute approximate surface area is 196 Å². The first-order valence-electron chi connectivity index (χ1n) is 9.67. The minimum absolute atomic E-state index is 0.121. The van der Waals surface area contributed by atoms with Crippen molar-refractivity contribution >= 4 is 51.4 Å². The number of nitrogens with zero attached hydrogens (tertiary/aromatic N) is 1. The van der Waals surface area contributed by atoms with Crippen LogP contribution in [0.3, 0.4) is 0 Å². The number of halogens is 1. The van der Waals surface area contributed by atoms with Gasteiger partial charge in [-0.2, -0.15) is 0 Å². The molecule has 8 heteroatoms. The molecule has 2 atom stereocenters. The minimum Gasteiger partial charge on any atom is -0.493 e. The van der Waals surface area contributed by atoms with Crippen LogP contribution in [0.4, 0.5) is 5.69 Å². The molecule has 30 heavy (non-hydrogen) atoms. The molecule has 2 aromatic carbocycles. The maximum atomic E-state index is 12.2. The molecule has 1 N–H and O–H groups in total. The van der Waals surface area contributed by atoms with Gasteiger partial charge in [0.1, 0.15) is 4.99 Å². The van der Waals surface area contributed by atoms with Crippen molar-refractivity contribution in [2.75, 3.05) is 32.1 Å². The highest BCUT2D eigenvalue weighted by molar-refractivity contribution is 14.1. The molecule has 0 bridgehead atoms. The summed E-state index contributed by atoms with van der Waals surface area (Å²) in [5.74, 6) is 0.827. The van der Waals surface area contributed by atoms with Crippen molar-refractivity contribution in [3.8, 4) is 11.5 Å². The van der Waals surface area contributed by atoms with Crippen LogP contribution in [-0.4, -0.2) is 54.8 Å². The van der Waals surface area contributed by atoms with Gasteiger partial charge in [0.2, 0.25) is 0 Å². The normalized spacial score (nSPS) is 18.6. The smallest absolute Gasteiger partial charge is 0.262 e. The van der Waals surface area contributed by atoms with E-state index in [1.54, 1.807) is 7.11 Å². The summed E-state index contributed by atoms with van der Waals surface area (Å²) < 4.78 is 17.9. The SMILES string of the molecule is COc1cc(C(=S)N2C[C@H](C)O[C@@H](C)C2)cc(I)c1OCC(=O)Nc1ccccc1. The van der Waals surface area contributed by atoms with Crippen LogP contribution in [0.15, 0.2) is 42.5 Å². The van der Waals surface area contributed by atoms with Crippen LogP contribution >= 0.6 is 34.8 Å². The number of nitrogens with one attached hydrogen (secondary N) is 1. The predicted octanol–water partition coefficient (Wildman–Crippen LogP) is 4.10. The number of ether oxygens (including phenoxy) is 3. The van der Waals surface area contributed by atoms with Crippen molar-refractivity contribution in [1.82, 2.24) is 4.90 Å². The maximum absolute atomic E-state index is 12.2. The molecule has 1 heterocycles. The van der Waals surface area contributed by atoms with E-state index in [9.17, 15) is 4.79 Å². The fourth-order valence-corrected chi connectivity index (χ4v) is 4.39. The lowest BCUT2D eigenvalue weighted by Gasteiger charge is -2.37. The highest BCUT2D eigenvalue weighted by Gasteiger charge is 2.25. The largest absolute Gasteiger partial charge is 0.493 e. The quantitative estimate of drug-likeness (QED) is 0.440. The molecule has 0 saturated carbocycles. The molecule has 1 amide bonds. The highest BCUT2D eigenvalue weighted by Crippen LogP contribution is 2.34. The molecule has 6 nitrogen and oxygen atoms in total. The zero-order chi connectivity index (χ0) is 21.7. The summed E-state index contributed by atoms with van der Waals surface area (Å²) in [6.07, 6.45) is 0.247. The molecule has 0 aromatic heterocycles. The van der Waals surface area contributed by atoms with Crippen molar-refractivity contribution in [2.45, 2.75) is 26.1 Å². The molecule has 1 saturated heterocycles. The number of anilines is 1. The third-order valence-corrected chi connectivity index (χ3v) is 5.88. The molecular weight excluding hydrogens is 515 g/mol. The molecule has 3 rings (SSSR count). The molecule has 1 aliphatic rings. The third-order valence-electron chi connectivity index (χ3n) is 4.59. The van der Waals surface area contributed by atoms with Gasteiger partial charge in [-0.15, -0.1) is 0 Å². The van der Waals surface area contributed by atoms with Crippen LogP contribution in [0.5, 0.6) is 11.5 Å². The van der Waals surface area contributed by atoms with Crippen molar-refractivity contribution in [1.29, 1.82) is 0 Å². The zero-order valence-electron chi connectivity index (χ0n) is 17.2. The summed E-state index contributed by atoms with van der Waals surface area (Å²) >= 11 is 7.92. The van der Waals surface area contributed by atoms with E-state index in [2.05, 4.69) is 32.8 Å². The van der Waals surface area contributed by atoms with E-state index in [1.165, 1.54) is 0 Å². The second kappa shape index (κ2) is 10.4. The minimum atomic E-state index is -0.241. The number of benzene rings is 2. The molecule has 0 aliphatic carbocycles. The van der Waals surface area contributed by atoms with E-state index >= 15 is 0 Å². The van der Waals surface area contributed by atoms with Gasteiger partial charge in [-0.1, -0.05) is 30.4 Å². The average Bonchev–Trinajstić information content (AvgIpc) is 2.71. The Hall–Kier alpha value is -1.91. The van der Waals surface area contributed by atoms with Gasteiger partial charge < -0.3 is 24.4 Å². The number of rotatable bonds is 6. The summed E-state index contributed by atoms with van der Waals surface area (Å²) in [6.45, 7) is 5.48. The fraction of sp³-hybridized carbons (Fsp3) is 0.364. The number of hydrogen-bond acceptors (Lipinski definition) is 5. The Morgan fingerprint density at radius 1 is 1.23 bits per heavy atom. The van der Waals surface area contributed by atoms with Crippen LogP contribution < -0.4 is 14.8 Å². The number of amides is 1. The summed E-state index contributed by atoms with van der Waals surface area (Å²) in [5, 5.41) is 2.80. The number of thiocarbonyl (C=S) groups is 1. The second-order valence-corrected chi connectivity index (χ2v) is 8.71. The lowest BCUT2D eigenvalue weighted by molar-refractivity contribution is -0.118. The number of morpholine rings is 1. The Kier molecular flexibility index (Phi) is 7.90. The number of methoxy groups -OCH3 is 1. The van der Waals surface area contributed by atoms with E-state index in [-0.39, 0.29) is 24.7 Å². The average molecular weight is 540 g/mol. The number of para-hydroxylation sites is 1. The lowest BCUT2D eigenvalue weighted by Crippen LogP contribution is -2.47. The van der Waals surface area contributed by atoms with Gasteiger partial charge in [0.05, 0.1) is 22.9 Å². The predicted molar refractivity (Wildman–Crippen MR) is 130 cm³/mol. The van der Waals surface area contributed by atoms with Gasteiger partial charge in [-0.05, 0) is 60.7 Å². The topological polar surface area (TPSA) is 60.0 Å². The van der Waals surface area contributed by atoms with Crippen LogP contribution in [0.1, 0.15) is 19.4 Å². The van der Waals surface area contributed by atoms with Crippen molar-refractivity contribution in [3.63, 3.8) is 0 Å². The Bertz CT molecular complexity index is 900. The van der Waals surface area contributed by atoms with E-state index in [4.69, 9.17) is 26.4 Å². The van der Waals surface area contributed by atoms with Crippen LogP contribution in [0, 0.1) is 3.57 Å². The van der Waals surface area contributed by atoms with Crippen LogP contribution in [-0.2, 0) is 9.53 Å². The van der Waals surface area contributed by atoms with E-state index in [1.807, 2.05) is 56.3 Å². The zero-order valence-corrected chi connectivity index (χ0v) is 20.2. The van der Waals surface area contributed by atoms with Crippen molar-refractivity contribution in [3.05, 3.63) is 51.6 Å². The van der Waals surface area contributed by atoms with E-state index < -0.39 is 0 Å².